The highest BCUT2D eigenvalue weighted by molar-refractivity contribution is 14.0. The molecule has 1 heterocycles. The third kappa shape index (κ3) is 6.29. The molecular formula is C16H23F2IN4O2. The van der Waals surface area contributed by atoms with Crippen LogP contribution in [0.3, 0.4) is 0 Å². The standard InChI is InChI=1S/C16H22F2N4O2.HI/c1-19-16(20-7-5-15(23)24-2)21-12-6-8-22(10-12)14-4-3-11(17)9-13(14)18;/h3-4,9,12H,5-8,10H2,1-2H3,(H2,19,20,21);1H. The average Bonchev–Trinajstić information content (AvgIpc) is 3.01. The summed E-state index contributed by atoms with van der Waals surface area (Å²) in [7, 11) is 2.98. The van der Waals surface area contributed by atoms with Crippen LogP contribution in [0.15, 0.2) is 23.2 Å². The predicted molar refractivity (Wildman–Crippen MR) is 104 cm³/mol. The molecule has 6 nitrogen and oxygen atoms in total. The summed E-state index contributed by atoms with van der Waals surface area (Å²) in [6, 6.07) is 3.69. The predicted octanol–water partition coefficient (Wildman–Crippen LogP) is 1.89. The molecule has 0 aliphatic carbocycles. The lowest BCUT2D eigenvalue weighted by Gasteiger charge is -2.20. The molecule has 2 N–H and O–H groups in total. The van der Waals surface area contributed by atoms with Gasteiger partial charge in [-0.1, -0.05) is 0 Å². The van der Waals surface area contributed by atoms with Gasteiger partial charge in [0, 0.05) is 38.8 Å². The molecule has 1 aromatic rings. The number of carbonyl (C=O) groups is 1. The molecule has 1 aromatic carbocycles. The Morgan fingerprint density at radius 1 is 1.44 bits per heavy atom. The number of methoxy groups -OCH3 is 1. The van der Waals surface area contributed by atoms with Crippen LogP contribution in [-0.4, -0.2) is 51.8 Å². The smallest absolute Gasteiger partial charge is 0.307 e. The van der Waals surface area contributed by atoms with Gasteiger partial charge in [-0.3, -0.25) is 9.79 Å². The van der Waals surface area contributed by atoms with Gasteiger partial charge >= 0.3 is 5.97 Å². The van der Waals surface area contributed by atoms with E-state index in [0.717, 1.165) is 12.5 Å². The van der Waals surface area contributed by atoms with Crippen LogP contribution in [0, 0.1) is 11.6 Å². The second kappa shape index (κ2) is 10.4. The maximum absolute atomic E-state index is 13.9. The van der Waals surface area contributed by atoms with E-state index in [0.29, 0.717) is 31.3 Å². The van der Waals surface area contributed by atoms with Gasteiger partial charge in [-0.2, -0.15) is 0 Å². The zero-order valence-electron chi connectivity index (χ0n) is 14.2. The van der Waals surface area contributed by atoms with Crippen molar-refractivity contribution in [1.29, 1.82) is 0 Å². The van der Waals surface area contributed by atoms with Gasteiger partial charge in [-0.25, -0.2) is 8.78 Å². The minimum absolute atomic E-state index is 0. The number of hydrogen-bond acceptors (Lipinski definition) is 4. The number of ether oxygens (including phenoxy) is 1. The molecule has 1 aliphatic heterocycles. The Balaban J connectivity index is 0.00000312. The van der Waals surface area contributed by atoms with E-state index in [1.807, 2.05) is 4.90 Å². The van der Waals surface area contributed by atoms with Crippen molar-refractivity contribution in [1.82, 2.24) is 10.6 Å². The van der Waals surface area contributed by atoms with Crippen molar-refractivity contribution in [2.24, 2.45) is 4.99 Å². The average molecular weight is 468 g/mol. The van der Waals surface area contributed by atoms with Gasteiger partial charge in [0.25, 0.3) is 0 Å². The summed E-state index contributed by atoms with van der Waals surface area (Å²) in [6.45, 7) is 1.66. The normalized spacial score (nSPS) is 17.0. The third-order valence-corrected chi connectivity index (χ3v) is 3.85. The lowest BCUT2D eigenvalue weighted by atomic mass is 10.2. The molecule has 1 fully saturated rings. The van der Waals surface area contributed by atoms with E-state index in [2.05, 4.69) is 20.4 Å². The molecule has 2 rings (SSSR count). The molecule has 0 aromatic heterocycles. The Hall–Kier alpha value is -1.65. The topological polar surface area (TPSA) is 66.0 Å². The van der Waals surface area contributed by atoms with Crippen LogP contribution in [0.4, 0.5) is 14.5 Å². The number of esters is 1. The van der Waals surface area contributed by atoms with Crippen LogP contribution in [0.5, 0.6) is 0 Å². The monoisotopic (exact) mass is 468 g/mol. The van der Waals surface area contributed by atoms with Gasteiger partial charge in [-0.15, -0.1) is 24.0 Å². The number of anilines is 1. The fourth-order valence-corrected chi connectivity index (χ4v) is 2.61. The summed E-state index contributed by atoms with van der Waals surface area (Å²) in [4.78, 5) is 17.1. The quantitative estimate of drug-likeness (QED) is 0.299. The number of nitrogens with one attached hydrogen (secondary N) is 2. The highest BCUT2D eigenvalue weighted by atomic mass is 127. The van der Waals surface area contributed by atoms with Crippen LogP contribution >= 0.6 is 24.0 Å². The van der Waals surface area contributed by atoms with Crippen LogP contribution in [-0.2, 0) is 9.53 Å². The van der Waals surface area contributed by atoms with Crippen LogP contribution < -0.4 is 15.5 Å². The van der Waals surface area contributed by atoms with Gasteiger partial charge < -0.3 is 20.3 Å². The fourth-order valence-electron chi connectivity index (χ4n) is 2.61. The van der Waals surface area contributed by atoms with Gasteiger partial charge in [0.15, 0.2) is 5.96 Å². The number of benzene rings is 1. The number of hydrogen-bond donors (Lipinski definition) is 2. The SMILES string of the molecule is CN=C(NCCC(=O)OC)NC1CCN(c2ccc(F)cc2F)C1.I. The van der Waals surface area contributed by atoms with Crippen molar-refractivity contribution in [2.45, 2.75) is 18.9 Å². The number of aliphatic imine (C=N–C) groups is 1. The van der Waals surface area contributed by atoms with E-state index in [1.165, 1.54) is 19.2 Å². The Morgan fingerprint density at radius 2 is 2.20 bits per heavy atom. The first kappa shape index (κ1) is 21.4. The summed E-state index contributed by atoms with van der Waals surface area (Å²) >= 11 is 0. The first-order valence-electron chi connectivity index (χ1n) is 7.77. The van der Waals surface area contributed by atoms with E-state index in [1.54, 1.807) is 7.05 Å². The first-order chi connectivity index (χ1) is 11.5. The highest BCUT2D eigenvalue weighted by Crippen LogP contribution is 2.24. The zero-order valence-corrected chi connectivity index (χ0v) is 16.6. The zero-order chi connectivity index (χ0) is 17.5. The van der Waals surface area contributed by atoms with Crippen molar-refractivity contribution in [3.63, 3.8) is 0 Å². The Labute approximate surface area is 163 Å². The molecule has 0 bridgehead atoms. The maximum Gasteiger partial charge on any atom is 0.307 e. The molecule has 1 saturated heterocycles. The number of nitrogens with zero attached hydrogens (tertiary/aromatic N) is 2. The van der Waals surface area contributed by atoms with Crippen molar-refractivity contribution in [3.8, 4) is 0 Å². The van der Waals surface area contributed by atoms with Crippen molar-refractivity contribution in [3.05, 3.63) is 29.8 Å². The molecule has 0 spiro atoms. The number of rotatable bonds is 5. The summed E-state index contributed by atoms with van der Waals surface area (Å²) in [5.74, 6) is -0.862. The number of halogens is 3. The molecule has 0 amide bonds. The highest BCUT2D eigenvalue weighted by Gasteiger charge is 2.25. The van der Waals surface area contributed by atoms with Gasteiger partial charge in [0.05, 0.1) is 19.2 Å². The second-order valence-electron chi connectivity index (χ2n) is 5.50. The summed E-state index contributed by atoms with van der Waals surface area (Å²) in [5.41, 5.74) is 0.398. The lowest BCUT2D eigenvalue weighted by Crippen LogP contribution is -2.45. The van der Waals surface area contributed by atoms with Crippen LogP contribution in [0.2, 0.25) is 0 Å². The van der Waals surface area contributed by atoms with Crippen LogP contribution in [0.1, 0.15) is 12.8 Å². The minimum atomic E-state index is -0.583. The van der Waals surface area contributed by atoms with E-state index in [4.69, 9.17) is 0 Å². The molecule has 1 aliphatic rings. The van der Waals surface area contributed by atoms with Gasteiger partial charge in [-0.05, 0) is 18.6 Å². The maximum atomic E-state index is 13.9. The summed E-state index contributed by atoms with van der Waals surface area (Å²) in [5, 5.41) is 6.27. The Bertz CT molecular complexity index is 616. The Morgan fingerprint density at radius 3 is 2.84 bits per heavy atom. The lowest BCUT2D eigenvalue weighted by molar-refractivity contribution is -0.140. The summed E-state index contributed by atoms with van der Waals surface area (Å²) < 4.78 is 31.4. The molecule has 1 unspecified atom stereocenters. The second-order valence-corrected chi connectivity index (χ2v) is 5.50. The van der Waals surface area contributed by atoms with Crippen molar-refractivity contribution >= 4 is 41.6 Å². The number of guanidine groups is 1. The molecule has 1 atom stereocenters. The first-order valence-corrected chi connectivity index (χ1v) is 7.77. The molecule has 140 valence electrons. The molecule has 0 saturated carbocycles. The van der Waals surface area contributed by atoms with Gasteiger partial charge in [0.2, 0.25) is 0 Å². The largest absolute Gasteiger partial charge is 0.469 e. The van der Waals surface area contributed by atoms with Crippen LogP contribution in [0.25, 0.3) is 0 Å². The van der Waals surface area contributed by atoms with Crippen molar-refractivity contribution < 1.29 is 18.3 Å². The van der Waals surface area contributed by atoms with E-state index < -0.39 is 11.6 Å². The Kier molecular flexibility index (Phi) is 8.87. The van der Waals surface area contributed by atoms with E-state index in [-0.39, 0.29) is 42.4 Å². The molecular weight excluding hydrogens is 445 g/mol. The number of carbonyl (C=O) groups excluding carboxylic acids is 1. The molecule has 9 heteroatoms. The molecule has 0 radical (unpaired) electrons. The fraction of sp³-hybridized carbons (Fsp3) is 0.500. The van der Waals surface area contributed by atoms with E-state index >= 15 is 0 Å². The summed E-state index contributed by atoms with van der Waals surface area (Å²) in [6.07, 6.45) is 1.04. The molecule has 25 heavy (non-hydrogen) atoms. The van der Waals surface area contributed by atoms with Gasteiger partial charge in [0.1, 0.15) is 11.6 Å². The van der Waals surface area contributed by atoms with E-state index in [9.17, 15) is 13.6 Å². The minimum Gasteiger partial charge on any atom is -0.469 e. The third-order valence-electron chi connectivity index (χ3n) is 3.85. The van der Waals surface area contributed by atoms with Crippen molar-refractivity contribution in [2.75, 3.05) is 38.7 Å².